The zero-order valence-electron chi connectivity index (χ0n) is 9.62. The number of fused-ring (bicyclic) bond motifs is 1. The minimum atomic E-state index is -0.149. The molecular formula is C12H17N3OS. The minimum Gasteiger partial charge on any atom is -0.316 e. The number of benzene rings is 1. The zero-order valence-corrected chi connectivity index (χ0v) is 10.5. The molecule has 0 saturated heterocycles. The molecule has 17 heavy (non-hydrogen) atoms. The van der Waals surface area contributed by atoms with Crippen LogP contribution < -0.4 is 11.0 Å². The molecule has 5 heteroatoms. The molecule has 0 aliphatic rings. The van der Waals surface area contributed by atoms with Crippen LogP contribution in [-0.4, -0.2) is 28.8 Å². The van der Waals surface area contributed by atoms with E-state index in [2.05, 4.69) is 27.9 Å². The Labute approximate surface area is 105 Å². The number of rotatable bonds is 6. The van der Waals surface area contributed by atoms with Crippen molar-refractivity contribution in [2.75, 3.05) is 18.8 Å². The first-order valence-corrected chi connectivity index (χ1v) is 6.45. The summed E-state index contributed by atoms with van der Waals surface area (Å²) in [6, 6.07) is 6.01. The molecule has 4 nitrogen and oxygen atoms in total. The summed E-state index contributed by atoms with van der Waals surface area (Å²) in [5, 5.41) is 3.36. The highest BCUT2D eigenvalue weighted by Crippen LogP contribution is 2.10. The largest absolute Gasteiger partial charge is 0.323 e. The van der Waals surface area contributed by atoms with Crippen molar-refractivity contribution >= 4 is 23.7 Å². The van der Waals surface area contributed by atoms with E-state index in [0.717, 1.165) is 42.7 Å². The molecule has 0 fully saturated rings. The zero-order chi connectivity index (χ0) is 12.1. The van der Waals surface area contributed by atoms with Gasteiger partial charge in [0, 0.05) is 0 Å². The van der Waals surface area contributed by atoms with Gasteiger partial charge in [0.25, 0.3) is 0 Å². The van der Waals surface area contributed by atoms with Crippen molar-refractivity contribution in [1.29, 1.82) is 0 Å². The fourth-order valence-corrected chi connectivity index (χ4v) is 1.96. The van der Waals surface area contributed by atoms with E-state index < -0.39 is 0 Å². The average Bonchev–Trinajstić information content (AvgIpc) is 2.68. The molecule has 2 aromatic rings. The highest BCUT2D eigenvalue weighted by molar-refractivity contribution is 7.80. The molecule has 0 radical (unpaired) electrons. The predicted octanol–water partition coefficient (Wildman–Crippen LogP) is 1.31. The van der Waals surface area contributed by atoms with Crippen LogP contribution in [0.3, 0.4) is 0 Å². The molecule has 0 atom stereocenters. The van der Waals surface area contributed by atoms with Gasteiger partial charge in [-0.1, -0.05) is 6.07 Å². The van der Waals surface area contributed by atoms with Crippen LogP contribution in [0.15, 0.2) is 23.0 Å². The second kappa shape index (κ2) is 5.93. The molecule has 0 amide bonds. The summed E-state index contributed by atoms with van der Waals surface area (Å²) in [6.07, 6.45) is 2.06. The van der Waals surface area contributed by atoms with Crippen molar-refractivity contribution < 1.29 is 0 Å². The van der Waals surface area contributed by atoms with Crippen molar-refractivity contribution in [3.8, 4) is 0 Å². The normalized spacial score (nSPS) is 11.1. The molecule has 3 N–H and O–H groups in total. The Bertz CT molecular complexity index is 532. The number of hydrogen-bond acceptors (Lipinski definition) is 3. The molecule has 0 aliphatic carbocycles. The number of aromatic nitrogens is 2. The first-order valence-electron chi connectivity index (χ1n) is 5.82. The fourth-order valence-electron chi connectivity index (χ4n) is 1.80. The average molecular weight is 251 g/mol. The molecule has 0 unspecified atom stereocenters. The second-order valence-electron chi connectivity index (χ2n) is 4.04. The Morgan fingerprint density at radius 3 is 2.82 bits per heavy atom. The maximum absolute atomic E-state index is 11.1. The lowest BCUT2D eigenvalue weighted by Gasteiger charge is -2.03. The third-order valence-electron chi connectivity index (χ3n) is 2.68. The monoisotopic (exact) mass is 251 g/mol. The molecule has 0 spiro atoms. The maximum Gasteiger partial charge on any atom is 0.323 e. The quantitative estimate of drug-likeness (QED) is 0.462. The molecule has 2 rings (SSSR count). The van der Waals surface area contributed by atoms with Crippen LogP contribution in [0.2, 0.25) is 0 Å². The topological polar surface area (TPSA) is 60.7 Å². The summed E-state index contributed by atoms with van der Waals surface area (Å²) in [7, 11) is 0. The van der Waals surface area contributed by atoms with Gasteiger partial charge in [0.05, 0.1) is 11.0 Å². The van der Waals surface area contributed by atoms with Gasteiger partial charge >= 0.3 is 5.69 Å². The van der Waals surface area contributed by atoms with E-state index >= 15 is 0 Å². The van der Waals surface area contributed by atoms with Crippen molar-refractivity contribution in [3.63, 3.8) is 0 Å². The van der Waals surface area contributed by atoms with E-state index in [1.54, 1.807) is 0 Å². The summed E-state index contributed by atoms with van der Waals surface area (Å²) >= 11 is 4.16. The summed E-state index contributed by atoms with van der Waals surface area (Å²) in [6.45, 7) is 1.96. The van der Waals surface area contributed by atoms with Gasteiger partial charge < -0.3 is 15.3 Å². The Kier molecular flexibility index (Phi) is 4.28. The lowest BCUT2D eigenvalue weighted by atomic mass is 10.1. The van der Waals surface area contributed by atoms with Crippen LogP contribution in [-0.2, 0) is 6.42 Å². The van der Waals surface area contributed by atoms with Gasteiger partial charge in [0.15, 0.2) is 0 Å². The number of H-pyrrole nitrogens is 2. The maximum atomic E-state index is 11.1. The van der Waals surface area contributed by atoms with Crippen molar-refractivity contribution in [3.05, 3.63) is 34.2 Å². The van der Waals surface area contributed by atoms with Crippen molar-refractivity contribution in [1.82, 2.24) is 15.3 Å². The van der Waals surface area contributed by atoms with Gasteiger partial charge in [-0.2, -0.15) is 12.6 Å². The van der Waals surface area contributed by atoms with E-state index in [4.69, 9.17) is 0 Å². The van der Waals surface area contributed by atoms with E-state index in [1.807, 2.05) is 18.2 Å². The van der Waals surface area contributed by atoms with Crippen LogP contribution in [0.5, 0.6) is 0 Å². The molecule has 1 heterocycles. The van der Waals surface area contributed by atoms with E-state index in [0.29, 0.717) is 0 Å². The highest BCUT2D eigenvalue weighted by Gasteiger charge is 1.99. The van der Waals surface area contributed by atoms with E-state index in [9.17, 15) is 4.79 Å². The van der Waals surface area contributed by atoms with Crippen LogP contribution >= 0.6 is 12.6 Å². The minimum absolute atomic E-state index is 0.149. The van der Waals surface area contributed by atoms with Crippen LogP contribution in [0, 0.1) is 0 Å². The smallest absolute Gasteiger partial charge is 0.316 e. The summed E-state index contributed by atoms with van der Waals surface area (Å²) < 4.78 is 0. The Morgan fingerprint density at radius 1 is 1.18 bits per heavy atom. The van der Waals surface area contributed by atoms with Crippen molar-refractivity contribution in [2.24, 2.45) is 0 Å². The molecule has 0 aliphatic heterocycles. The Balaban J connectivity index is 1.92. The van der Waals surface area contributed by atoms with Crippen LogP contribution in [0.1, 0.15) is 12.0 Å². The number of hydrogen-bond donors (Lipinski definition) is 4. The van der Waals surface area contributed by atoms with Gasteiger partial charge in [-0.3, -0.25) is 0 Å². The molecular weight excluding hydrogens is 234 g/mol. The molecule has 0 saturated carbocycles. The summed E-state index contributed by atoms with van der Waals surface area (Å²) in [5.74, 6) is 0.920. The first kappa shape index (κ1) is 12.3. The Morgan fingerprint density at radius 2 is 2.00 bits per heavy atom. The van der Waals surface area contributed by atoms with Gasteiger partial charge in [-0.25, -0.2) is 4.79 Å². The van der Waals surface area contributed by atoms with Gasteiger partial charge in [-0.15, -0.1) is 0 Å². The molecule has 0 bridgehead atoms. The lowest BCUT2D eigenvalue weighted by molar-refractivity contribution is 0.675. The van der Waals surface area contributed by atoms with Gasteiger partial charge in [-0.05, 0) is 49.4 Å². The fraction of sp³-hybridized carbons (Fsp3) is 0.417. The number of nitrogens with one attached hydrogen (secondary N) is 3. The highest BCUT2D eigenvalue weighted by atomic mass is 32.1. The number of thiol groups is 1. The van der Waals surface area contributed by atoms with Gasteiger partial charge in [0.1, 0.15) is 0 Å². The first-order chi connectivity index (χ1) is 8.29. The molecule has 1 aromatic carbocycles. The van der Waals surface area contributed by atoms with E-state index in [1.165, 1.54) is 5.56 Å². The van der Waals surface area contributed by atoms with Gasteiger partial charge in [0.2, 0.25) is 0 Å². The third kappa shape index (κ3) is 3.38. The SMILES string of the molecule is O=c1[nH]c2ccc(CCNCCCS)cc2[nH]1. The van der Waals surface area contributed by atoms with Crippen molar-refractivity contribution in [2.45, 2.75) is 12.8 Å². The van der Waals surface area contributed by atoms with Crippen LogP contribution in [0.4, 0.5) is 0 Å². The Hall–Kier alpha value is -1.20. The lowest BCUT2D eigenvalue weighted by Crippen LogP contribution is -2.18. The third-order valence-corrected chi connectivity index (χ3v) is 3.00. The summed E-state index contributed by atoms with van der Waals surface area (Å²) in [5.41, 5.74) is 2.82. The van der Waals surface area contributed by atoms with Crippen LogP contribution in [0.25, 0.3) is 11.0 Å². The van der Waals surface area contributed by atoms with E-state index in [-0.39, 0.29) is 5.69 Å². The molecule has 92 valence electrons. The number of aromatic amines is 2. The predicted molar refractivity (Wildman–Crippen MR) is 74.0 cm³/mol. The summed E-state index contributed by atoms with van der Waals surface area (Å²) in [4.78, 5) is 16.6. The second-order valence-corrected chi connectivity index (χ2v) is 4.48. The standard InChI is InChI=1S/C12H17N3OS/c16-12-14-10-3-2-9(8-11(10)15-12)4-6-13-5-1-7-17/h2-3,8,13,17H,1,4-7H2,(H2,14,15,16). The number of imidazole rings is 1. The molecule has 1 aromatic heterocycles.